The molecule has 0 bridgehead atoms. The SMILES string of the molecule is Br.COc1ccccc1.[MgH2]. The second kappa shape index (κ2) is 7.37. The lowest BCUT2D eigenvalue weighted by Crippen LogP contribution is -1.78. The summed E-state index contributed by atoms with van der Waals surface area (Å²) >= 11 is 0. The molecule has 54 valence electrons. The fourth-order valence-electron chi connectivity index (χ4n) is 0.557. The highest BCUT2D eigenvalue weighted by Crippen LogP contribution is 2.05. The summed E-state index contributed by atoms with van der Waals surface area (Å²) in [6, 6.07) is 9.68. The van der Waals surface area contributed by atoms with Crippen LogP contribution in [0.5, 0.6) is 5.75 Å². The Hall–Kier alpha value is 0.266. The standard InChI is InChI=1S/C7H8O.BrH.Mg.2H/c1-8-7-5-3-2-4-6-7;;;;/h2-6H,1H3;1H;;;. The molecule has 1 aromatic carbocycles. The molecule has 0 N–H and O–H groups in total. The first-order chi connectivity index (χ1) is 3.93. The van der Waals surface area contributed by atoms with Gasteiger partial charge in [-0.3, -0.25) is 0 Å². The maximum absolute atomic E-state index is 4.91. The highest BCUT2D eigenvalue weighted by molar-refractivity contribution is 8.93. The first-order valence-corrected chi connectivity index (χ1v) is 2.52. The Morgan fingerprint density at radius 2 is 1.60 bits per heavy atom. The number of para-hydroxylation sites is 1. The van der Waals surface area contributed by atoms with E-state index in [1.807, 2.05) is 30.3 Å². The molecule has 0 radical (unpaired) electrons. The quantitative estimate of drug-likeness (QED) is 0.643. The van der Waals surface area contributed by atoms with Crippen molar-refractivity contribution in [1.29, 1.82) is 0 Å². The van der Waals surface area contributed by atoms with Gasteiger partial charge in [0.1, 0.15) is 5.75 Å². The number of halogens is 1. The van der Waals surface area contributed by atoms with E-state index in [0.29, 0.717) is 0 Å². The summed E-state index contributed by atoms with van der Waals surface area (Å²) in [6.07, 6.45) is 0. The molecule has 0 heterocycles. The monoisotopic (exact) mass is 214 g/mol. The van der Waals surface area contributed by atoms with Crippen molar-refractivity contribution in [2.24, 2.45) is 0 Å². The lowest BCUT2D eigenvalue weighted by atomic mass is 10.3. The van der Waals surface area contributed by atoms with Crippen LogP contribution in [0.2, 0.25) is 0 Å². The van der Waals surface area contributed by atoms with Gasteiger partial charge in [0.05, 0.1) is 7.11 Å². The largest absolute Gasteiger partial charge is 0.497 e. The average Bonchev–Trinajstić information content (AvgIpc) is 1.90. The zero-order chi connectivity index (χ0) is 5.82. The minimum absolute atomic E-state index is 0. The van der Waals surface area contributed by atoms with Crippen LogP contribution in [-0.2, 0) is 0 Å². The number of rotatable bonds is 1. The summed E-state index contributed by atoms with van der Waals surface area (Å²) in [5.74, 6) is 0.910. The lowest BCUT2D eigenvalue weighted by Gasteiger charge is -1.93. The topological polar surface area (TPSA) is 9.23 Å². The Balaban J connectivity index is 0. The molecule has 0 aliphatic carbocycles. The molecular formula is C7H11BrMgO. The third kappa shape index (κ3) is 4.14. The predicted molar refractivity (Wildman–Crippen MR) is 51.9 cm³/mol. The van der Waals surface area contributed by atoms with Crippen LogP contribution in [0.4, 0.5) is 0 Å². The average molecular weight is 215 g/mol. The Bertz CT molecular complexity index is 155. The van der Waals surface area contributed by atoms with E-state index in [1.54, 1.807) is 7.11 Å². The second-order valence-electron chi connectivity index (χ2n) is 1.52. The van der Waals surface area contributed by atoms with Gasteiger partial charge >= 0.3 is 23.1 Å². The molecule has 0 saturated carbocycles. The summed E-state index contributed by atoms with van der Waals surface area (Å²) < 4.78 is 4.91. The third-order valence-corrected chi connectivity index (χ3v) is 0.979. The Kier molecular flexibility index (Phi) is 9.51. The van der Waals surface area contributed by atoms with Crippen molar-refractivity contribution in [3.05, 3.63) is 30.3 Å². The molecule has 1 rings (SSSR count). The van der Waals surface area contributed by atoms with Crippen molar-refractivity contribution in [3.8, 4) is 5.75 Å². The van der Waals surface area contributed by atoms with Crippen LogP contribution < -0.4 is 4.74 Å². The normalized spacial score (nSPS) is 6.90. The predicted octanol–water partition coefficient (Wildman–Crippen LogP) is 1.36. The van der Waals surface area contributed by atoms with Gasteiger partial charge in [-0.1, -0.05) is 18.2 Å². The van der Waals surface area contributed by atoms with E-state index >= 15 is 0 Å². The van der Waals surface area contributed by atoms with Crippen molar-refractivity contribution in [3.63, 3.8) is 0 Å². The molecule has 0 aliphatic heterocycles. The fourth-order valence-corrected chi connectivity index (χ4v) is 0.557. The highest BCUT2D eigenvalue weighted by Gasteiger charge is 1.80. The van der Waals surface area contributed by atoms with Crippen molar-refractivity contribution in [2.75, 3.05) is 7.11 Å². The number of hydrogen-bond donors (Lipinski definition) is 0. The summed E-state index contributed by atoms with van der Waals surface area (Å²) in [7, 11) is 1.66. The van der Waals surface area contributed by atoms with Crippen molar-refractivity contribution < 1.29 is 4.74 Å². The zero-order valence-electron chi connectivity index (χ0n) is 5.20. The van der Waals surface area contributed by atoms with E-state index < -0.39 is 0 Å². The van der Waals surface area contributed by atoms with E-state index in [0.717, 1.165) is 5.75 Å². The molecule has 0 aliphatic rings. The van der Waals surface area contributed by atoms with Crippen molar-refractivity contribution in [2.45, 2.75) is 0 Å². The summed E-state index contributed by atoms with van der Waals surface area (Å²) in [4.78, 5) is 0. The summed E-state index contributed by atoms with van der Waals surface area (Å²) in [6.45, 7) is 0. The van der Waals surface area contributed by atoms with Crippen LogP contribution in [0, 0.1) is 0 Å². The van der Waals surface area contributed by atoms with Gasteiger partial charge in [-0.05, 0) is 12.1 Å². The van der Waals surface area contributed by atoms with Gasteiger partial charge in [0.2, 0.25) is 0 Å². The molecular weight excluding hydrogens is 204 g/mol. The molecule has 0 aromatic heterocycles. The minimum atomic E-state index is 0. The smallest absolute Gasteiger partial charge is 0.316 e. The van der Waals surface area contributed by atoms with Gasteiger partial charge < -0.3 is 4.74 Å². The van der Waals surface area contributed by atoms with Crippen LogP contribution in [0.3, 0.4) is 0 Å². The minimum Gasteiger partial charge on any atom is -0.497 e. The van der Waals surface area contributed by atoms with Crippen LogP contribution in [0.15, 0.2) is 30.3 Å². The zero-order valence-corrected chi connectivity index (χ0v) is 6.92. The Morgan fingerprint density at radius 3 is 1.90 bits per heavy atom. The molecule has 10 heavy (non-hydrogen) atoms. The molecule has 0 amide bonds. The maximum Gasteiger partial charge on any atom is 0.316 e. The third-order valence-electron chi connectivity index (χ3n) is 0.979. The first kappa shape index (κ1) is 12.9. The van der Waals surface area contributed by atoms with Crippen LogP contribution in [0.1, 0.15) is 0 Å². The van der Waals surface area contributed by atoms with E-state index in [9.17, 15) is 0 Å². The Labute approximate surface area is 87.7 Å². The van der Waals surface area contributed by atoms with E-state index in [4.69, 9.17) is 4.74 Å². The van der Waals surface area contributed by atoms with Gasteiger partial charge in [-0.25, -0.2) is 0 Å². The molecule has 0 spiro atoms. The van der Waals surface area contributed by atoms with Gasteiger partial charge in [0.15, 0.2) is 0 Å². The van der Waals surface area contributed by atoms with E-state index in [2.05, 4.69) is 0 Å². The van der Waals surface area contributed by atoms with Gasteiger partial charge in [0, 0.05) is 0 Å². The van der Waals surface area contributed by atoms with Crippen LogP contribution in [0.25, 0.3) is 0 Å². The lowest BCUT2D eigenvalue weighted by molar-refractivity contribution is 0.415. The molecule has 1 aromatic rings. The van der Waals surface area contributed by atoms with Gasteiger partial charge in [-0.15, -0.1) is 17.0 Å². The summed E-state index contributed by atoms with van der Waals surface area (Å²) in [5, 5.41) is 0. The van der Waals surface area contributed by atoms with Gasteiger partial charge in [-0.2, -0.15) is 0 Å². The number of benzene rings is 1. The van der Waals surface area contributed by atoms with E-state index in [-0.39, 0.29) is 40.0 Å². The second-order valence-corrected chi connectivity index (χ2v) is 1.52. The van der Waals surface area contributed by atoms with Crippen LogP contribution >= 0.6 is 17.0 Å². The molecule has 0 saturated heterocycles. The van der Waals surface area contributed by atoms with Crippen molar-refractivity contribution in [1.82, 2.24) is 0 Å². The molecule has 0 atom stereocenters. The fraction of sp³-hybridized carbons (Fsp3) is 0.143. The first-order valence-electron chi connectivity index (χ1n) is 2.52. The van der Waals surface area contributed by atoms with Gasteiger partial charge in [0.25, 0.3) is 0 Å². The molecule has 0 unspecified atom stereocenters. The Morgan fingerprint density at radius 1 is 1.10 bits per heavy atom. The number of ether oxygens (including phenoxy) is 1. The van der Waals surface area contributed by atoms with E-state index in [1.165, 1.54) is 0 Å². The maximum atomic E-state index is 4.91. The summed E-state index contributed by atoms with van der Waals surface area (Å²) in [5.41, 5.74) is 0. The molecule has 1 nitrogen and oxygen atoms in total. The highest BCUT2D eigenvalue weighted by atomic mass is 79.9. The molecule has 3 heteroatoms. The molecule has 0 fully saturated rings. The number of methoxy groups -OCH3 is 1. The van der Waals surface area contributed by atoms with Crippen molar-refractivity contribution >= 4 is 40.0 Å². The number of hydrogen-bond acceptors (Lipinski definition) is 1. The van der Waals surface area contributed by atoms with Crippen LogP contribution in [-0.4, -0.2) is 30.2 Å².